The van der Waals surface area contributed by atoms with Gasteiger partial charge in [0.25, 0.3) is 5.91 Å². The van der Waals surface area contributed by atoms with Gasteiger partial charge in [-0.25, -0.2) is 17.9 Å². The summed E-state index contributed by atoms with van der Waals surface area (Å²) in [6, 6.07) is 31.8. The molecule has 0 fully saturated rings. The molecule has 0 heterocycles. The van der Waals surface area contributed by atoms with Crippen LogP contribution in [0.1, 0.15) is 21.5 Å². The molecule has 9 heteroatoms. The van der Waals surface area contributed by atoms with Crippen molar-refractivity contribution in [2.75, 3.05) is 6.61 Å². The topological polar surface area (TPSA) is 102 Å². The Labute approximate surface area is 242 Å². The predicted molar refractivity (Wildman–Crippen MR) is 157 cm³/mol. The first kappa shape index (κ1) is 29.2. The highest BCUT2D eigenvalue weighted by Gasteiger charge is 2.27. The number of ether oxygens (including phenoxy) is 1. The molecule has 0 aromatic heterocycles. The minimum Gasteiger partial charge on any atom is -0.462 e. The molecule has 2 N–H and O–H groups in total. The molecule has 4 aromatic rings. The van der Waals surface area contributed by atoms with Gasteiger partial charge in [-0.1, -0.05) is 94.8 Å². The number of benzene rings is 4. The fraction of sp³-hybridized carbons (Fsp3) is 0.161. The van der Waals surface area contributed by atoms with Crippen LogP contribution in [0.2, 0.25) is 0 Å². The maximum absolute atomic E-state index is 13.3. The first-order valence-electron chi connectivity index (χ1n) is 12.7. The summed E-state index contributed by atoms with van der Waals surface area (Å²) in [5.74, 6) is -1.07. The van der Waals surface area contributed by atoms with Crippen LogP contribution in [0.25, 0.3) is 0 Å². The van der Waals surface area contributed by atoms with Gasteiger partial charge < -0.3 is 10.1 Å². The van der Waals surface area contributed by atoms with Crippen LogP contribution in [0.4, 0.5) is 0 Å². The minimum atomic E-state index is -3.90. The summed E-state index contributed by atoms with van der Waals surface area (Å²) in [7, 11) is -3.90. The molecule has 0 saturated heterocycles. The van der Waals surface area contributed by atoms with E-state index in [0.29, 0.717) is 12.0 Å². The van der Waals surface area contributed by atoms with Gasteiger partial charge in [-0.2, -0.15) is 0 Å². The Morgan fingerprint density at radius 1 is 0.725 bits per heavy atom. The molecule has 0 aliphatic rings. The minimum absolute atomic E-state index is 0.0946. The Balaban J connectivity index is 1.51. The van der Waals surface area contributed by atoms with E-state index in [-0.39, 0.29) is 17.9 Å². The molecule has 2 atom stereocenters. The average molecular weight is 622 g/mol. The number of sulfonamides is 1. The largest absolute Gasteiger partial charge is 0.462 e. The lowest BCUT2D eigenvalue weighted by atomic mass is 10.1. The number of amides is 1. The van der Waals surface area contributed by atoms with Crippen molar-refractivity contribution in [1.29, 1.82) is 0 Å². The van der Waals surface area contributed by atoms with E-state index >= 15 is 0 Å². The van der Waals surface area contributed by atoms with Gasteiger partial charge in [0.2, 0.25) is 10.0 Å². The number of esters is 1. The van der Waals surface area contributed by atoms with Crippen molar-refractivity contribution >= 4 is 37.8 Å². The third-order valence-electron chi connectivity index (χ3n) is 6.11. The molecule has 206 valence electrons. The highest BCUT2D eigenvalue weighted by molar-refractivity contribution is 9.10. The second-order valence-electron chi connectivity index (χ2n) is 9.17. The normalized spacial score (nSPS) is 12.7. The van der Waals surface area contributed by atoms with Crippen molar-refractivity contribution in [1.82, 2.24) is 10.0 Å². The number of hydrogen-bond acceptors (Lipinski definition) is 5. The SMILES string of the molecule is O=C(NC(Cc1ccccc1)C(=O)OCC(Cc1ccccc1)NS(=O)(=O)c1ccc(Br)cc1)c1ccccc1. The number of nitrogens with one attached hydrogen (secondary N) is 2. The summed E-state index contributed by atoms with van der Waals surface area (Å²) in [6.07, 6.45) is 0.510. The maximum atomic E-state index is 13.3. The molecule has 0 bridgehead atoms. The summed E-state index contributed by atoms with van der Waals surface area (Å²) in [5.41, 5.74) is 2.13. The van der Waals surface area contributed by atoms with E-state index in [4.69, 9.17) is 4.74 Å². The standard InChI is InChI=1S/C31H29BrN2O5S/c32-26-16-18-28(19-17-26)40(37,38)34-27(20-23-10-4-1-5-11-23)22-39-31(36)29(21-24-12-6-2-7-13-24)33-30(35)25-14-8-3-9-15-25/h1-19,27,29,34H,20-22H2,(H,33,35). The van der Waals surface area contributed by atoms with Crippen LogP contribution >= 0.6 is 15.9 Å². The third kappa shape index (κ3) is 8.61. The van der Waals surface area contributed by atoms with Gasteiger partial charge in [0.1, 0.15) is 12.6 Å². The van der Waals surface area contributed by atoms with Crippen LogP contribution < -0.4 is 10.0 Å². The summed E-state index contributed by atoms with van der Waals surface area (Å²) in [4.78, 5) is 26.3. The van der Waals surface area contributed by atoms with Gasteiger partial charge in [0.05, 0.1) is 10.9 Å². The molecule has 0 aliphatic carbocycles. The van der Waals surface area contributed by atoms with Crippen molar-refractivity contribution in [3.05, 3.63) is 136 Å². The van der Waals surface area contributed by atoms with Crippen LogP contribution in [-0.4, -0.2) is 39.0 Å². The van der Waals surface area contributed by atoms with Gasteiger partial charge in [0.15, 0.2) is 0 Å². The van der Waals surface area contributed by atoms with Crippen molar-refractivity contribution in [2.45, 2.75) is 29.8 Å². The van der Waals surface area contributed by atoms with Crippen molar-refractivity contribution in [3.63, 3.8) is 0 Å². The van der Waals surface area contributed by atoms with E-state index in [1.165, 1.54) is 12.1 Å². The fourth-order valence-corrected chi connectivity index (χ4v) is 5.58. The van der Waals surface area contributed by atoms with Gasteiger partial charge in [-0.15, -0.1) is 0 Å². The molecule has 40 heavy (non-hydrogen) atoms. The fourth-order valence-electron chi connectivity index (χ4n) is 4.09. The Morgan fingerprint density at radius 2 is 1.25 bits per heavy atom. The van der Waals surface area contributed by atoms with E-state index < -0.39 is 34.0 Å². The monoisotopic (exact) mass is 620 g/mol. The average Bonchev–Trinajstić information content (AvgIpc) is 2.97. The Morgan fingerprint density at radius 3 is 1.82 bits per heavy atom. The number of halogens is 1. The van der Waals surface area contributed by atoms with Crippen molar-refractivity contribution in [3.8, 4) is 0 Å². The van der Waals surface area contributed by atoms with Crippen LogP contribution in [-0.2, 0) is 32.4 Å². The summed E-state index contributed by atoms with van der Waals surface area (Å²) in [5, 5.41) is 2.78. The van der Waals surface area contributed by atoms with E-state index in [2.05, 4.69) is 26.0 Å². The summed E-state index contributed by atoms with van der Waals surface area (Å²) < 4.78 is 35.4. The molecule has 0 radical (unpaired) electrons. The first-order valence-corrected chi connectivity index (χ1v) is 15.0. The second kappa shape index (κ2) is 14.0. The molecular formula is C31H29BrN2O5S. The maximum Gasteiger partial charge on any atom is 0.329 e. The zero-order valence-corrected chi connectivity index (χ0v) is 24.0. The van der Waals surface area contributed by atoms with Crippen molar-refractivity contribution < 1.29 is 22.7 Å². The molecule has 0 spiro atoms. The molecule has 2 unspecified atom stereocenters. The van der Waals surface area contributed by atoms with E-state index in [9.17, 15) is 18.0 Å². The van der Waals surface area contributed by atoms with Gasteiger partial charge in [0, 0.05) is 16.5 Å². The van der Waals surface area contributed by atoms with E-state index in [1.807, 2.05) is 60.7 Å². The highest BCUT2D eigenvalue weighted by Crippen LogP contribution is 2.16. The zero-order valence-electron chi connectivity index (χ0n) is 21.6. The molecule has 1 amide bonds. The second-order valence-corrected chi connectivity index (χ2v) is 11.8. The Bertz CT molecular complexity index is 1500. The molecular weight excluding hydrogens is 592 g/mol. The van der Waals surface area contributed by atoms with Gasteiger partial charge in [-0.3, -0.25) is 4.79 Å². The van der Waals surface area contributed by atoms with Crippen LogP contribution in [0.15, 0.2) is 125 Å². The lowest BCUT2D eigenvalue weighted by molar-refractivity contribution is -0.146. The predicted octanol–water partition coefficient (Wildman–Crippen LogP) is 4.92. The van der Waals surface area contributed by atoms with Crippen LogP contribution in [0.5, 0.6) is 0 Å². The van der Waals surface area contributed by atoms with Crippen molar-refractivity contribution in [2.24, 2.45) is 0 Å². The van der Waals surface area contributed by atoms with E-state index in [0.717, 1.165) is 15.6 Å². The zero-order chi connectivity index (χ0) is 28.4. The lowest BCUT2D eigenvalue weighted by Crippen LogP contribution is -2.46. The smallest absolute Gasteiger partial charge is 0.329 e. The molecule has 0 saturated carbocycles. The first-order chi connectivity index (χ1) is 19.3. The summed E-state index contributed by atoms with van der Waals surface area (Å²) in [6.45, 7) is -0.226. The van der Waals surface area contributed by atoms with Crippen LogP contribution in [0, 0.1) is 0 Å². The number of carbonyl (C=O) groups excluding carboxylic acids is 2. The van der Waals surface area contributed by atoms with E-state index in [1.54, 1.807) is 42.5 Å². The molecule has 0 aliphatic heterocycles. The number of hydrogen-bond donors (Lipinski definition) is 2. The molecule has 7 nitrogen and oxygen atoms in total. The molecule has 4 aromatic carbocycles. The number of carbonyl (C=O) groups is 2. The third-order valence-corrected chi connectivity index (χ3v) is 8.17. The Hall–Kier alpha value is -3.79. The Kier molecular flexibility index (Phi) is 10.2. The molecule has 4 rings (SSSR count). The quantitative estimate of drug-likeness (QED) is 0.219. The highest BCUT2D eigenvalue weighted by atomic mass is 79.9. The lowest BCUT2D eigenvalue weighted by Gasteiger charge is -2.22. The van der Waals surface area contributed by atoms with Gasteiger partial charge in [-0.05, 0) is 53.9 Å². The summed E-state index contributed by atoms with van der Waals surface area (Å²) >= 11 is 3.31. The number of rotatable bonds is 12. The van der Waals surface area contributed by atoms with Crippen LogP contribution in [0.3, 0.4) is 0 Å². The van der Waals surface area contributed by atoms with Gasteiger partial charge >= 0.3 is 5.97 Å².